The number of hydrogen-bond donors (Lipinski definition) is 0. The van der Waals surface area contributed by atoms with E-state index in [9.17, 15) is 4.79 Å². The minimum atomic E-state index is -0.0460. The van der Waals surface area contributed by atoms with Crippen molar-refractivity contribution in [3.63, 3.8) is 0 Å². The van der Waals surface area contributed by atoms with Gasteiger partial charge in [-0.1, -0.05) is 24.8 Å². The molecule has 0 saturated carbocycles. The Hall–Kier alpha value is -1.77. The second-order valence-corrected chi connectivity index (χ2v) is 3.42. The number of fused-ring (bicyclic) bond motifs is 1. The smallest absolute Gasteiger partial charge is 0.246 e. The first-order valence-electron chi connectivity index (χ1n) is 4.93. The molecule has 0 aliphatic carbocycles. The van der Waals surface area contributed by atoms with Crippen molar-refractivity contribution in [2.24, 2.45) is 0 Å². The standard InChI is InChI=1S/C12H13NO2/c1-2-12(14)13-7-8-15-11-6-4-3-5-10(11)9-13/h2-6H,1,7-9H2. The molecular weight excluding hydrogens is 190 g/mol. The van der Waals surface area contributed by atoms with Gasteiger partial charge in [0.25, 0.3) is 0 Å². The van der Waals surface area contributed by atoms with Crippen molar-refractivity contribution >= 4 is 5.91 Å². The van der Waals surface area contributed by atoms with Crippen LogP contribution in [0, 0.1) is 0 Å². The fourth-order valence-corrected chi connectivity index (χ4v) is 1.64. The Balaban J connectivity index is 2.24. The summed E-state index contributed by atoms with van der Waals surface area (Å²) in [6.07, 6.45) is 1.34. The van der Waals surface area contributed by atoms with Gasteiger partial charge >= 0.3 is 0 Å². The first-order chi connectivity index (χ1) is 7.31. The van der Waals surface area contributed by atoms with Crippen LogP contribution in [-0.4, -0.2) is 24.0 Å². The predicted octanol–water partition coefficient (Wildman–Crippen LogP) is 1.59. The summed E-state index contributed by atoms with van der Waals surface area (Å²) in [5.74, 6) is 0.826. The second-order valence-electron chi connectivity index (χ2n) is 3.42. The maximum Gasteiger partial charge on any atom is 0.246 e. The Morgan fingerprint density at radius 3 is 3.07 bits per heavy atom. The molecule has 0 spiro atoms. The highest BCUT2D eigenvalue weighted by Crippen LogP contribution is 2.22. The lowest BCUT2D eigenvalue weighted by atomic mass is 10.2. The molecule has 78 valence electrons. The number of ether oxygens (including phenoxy) is 1. The molecule has 0 bridgehead atoms. The Morgan fingerprint density at radius 2 is 2.27 bits per heavy atom. The third kappa shape index (κ3) is 2.01. The van der Waals surface area contributed by atoms with Crippen LogP contribution in [0.15, 0.2) is 36.9 Å². The number of benzene rings is 1. The molecule has 3 nitrogen and oxygen atoms in total. The van der Waals surface area contributed by atoms with Gasteiger partial charge < -0.3 is 9.64 Å². The van der Waals surface area contributed by atoms with Gasteiger partial charge in [-0.3, -0.25) is 4.79 Å². The van der Waals surface area contributed by atoms with Gasteiger partial charge in [0.15, 0.2) is 0 Å². The van der Waals surface area contributed by atoms with E-state index in [0.29, 0.717) is 19.7 Å². The summed E-state index contributed by atoms with van der Waals surface area (Å²) in [6.45, 7) is 5.24. The average molecular weight is 203 g/mol. The molecule has 1 aromatic carbocycles. The van der Waals surface area contributed by atoms with Crippen molar-refractivity contribution in [3.05, 3.63) is 42.5 Å². The molecule has 2 rings (SSSR count). The van der Waals surface area contributed by atoms with Crippen LogP contribution >= 0.6 is 0 Å². The first-order valence-corrected chi connectivity index (χ1v) is 4.93. The molecule has 0 aromatic heterocycles. The van der Waals surface area contributed by atoms with Gasteiger partial charge in [0, 0.05) is 12.1 Å². The van der Waals surface area contributed by atoms with E-state index in [0.717, 1.165) is 11.3 Å². The van der Waals surface area contributed by atoms with E-state index in [1.54, 1.807) is 4.90 Å². The predicted molar refractivity (Wildman–Crippen MR) is 57.6 cm³/mol. The average Bonchev–Trinajstić information content (AvgIpc) is 2.49. The van der Waals surface area contributed by atoms with Gasteiger partial charge in [-0.15, -0.1) is 0 Å². The zero-order valence-corrected chi connectivity index (χ0v) is 8.48. The van der Waals surface area contributed by atoms with Crippen LogP contribution in [0.5, 0.6) is 5.75 Å². The molecule has 1 amide bonds. The summed E-state index contributed by atoms with van der Waals surface area (Å²) in [5, 5.41) is 0. The van der Waals surface area contributed by atoms with Gasteiger partial charge in [0.1, 0.15) is 12.4 Å². The Labute approximate surface area is 89.0 Å². The molecule has 0 unspecified atom stereocenters. The molecule has 0 radical (unpaired) electrons. The zero-order chi connectivity index (χ0) is 10.7. The van der Waals surface area contributed by atoms with Crippen molar-refractivity contribution in [2.75, 3.05) is 13.2 Å². The van der Waals surface area contributed by atoms with E-state index in [1.165, 1.54) is 6.08 Å². The van der Waals surface area contributed by atoms with Crippen LogP contribution in [0.25, 0.3) is 0 Å². The number of hydrogen-bond acceptors (Lipinski definition) is 2. The summed E-state index contributed by atoms with van der Waals surface area (Å²) in [5.41, 5.74) is 1.05. The Kier molecular flexibility index (Phi) is 2.72. The largest absolute Gasteiger partial charge is 0.491 e. The fraction of sp³-hybridized carbons (Fsp3) is 0.250. The maximum absolute atomic E-state index is 11.5. The summed E-state index contributed by atoms with van der Waals surface area (Å²) in [6, 6.07) is 7.79. The van der Waals surface area contributed by atoms with Crippen molar-refractivity contribution in [2.45, 2.75) is 6.54 Å². The molecule has 0 saturated heterocycles. The van der Waals surface area contributed by atoms with Gasteiger partial charge in [-0.25, -0.2) is 0 Å². The highest BCUT2D eigenvalue weighted by molar-refractivity contribution is 5.87. The zero-order valence-electron chi connectivity index (χ0n) is 8.48. The van der Waals surface area contributed by atoms with Crippen LogP contribution in [0.2, 0.25) is 0 Å². The number of rotatable bonds is 1. The van der Waals surface area contributed by atoms with E-state index >= 15 is 0 Å². The van der Waals surface area contributed by atoms with Crippen LogP contribution < -0.4 is 4.74 Å². The number of carbonyl (C=O) groups is 1. The van der Waals surface area contributed by atoms with Crippen LogP contribution in [-0.2, 0) is 11.3 Å². The molecule has 0 fully saturated rings. The van der Waals surface area contributed by atoms with Gasteiger partial charge in [-0.2, -0.15) is 0 Å². The summed E-state index contributed by atoms with van der Waals surface area (Å²) in [7, 11) is 0. The lowest BCUT2D eigenvalue weighted by molar-refractivity contribution is -0.126. The Bertz CT molecular complexity index is 387. The SMILES string of the molecule is C=CC(=O)N1CCOc2ccccc2C1. The highest BCUT2D eigenvalue weighted by atomic mass is 16.5. The third-order valence-electron chi connectivity index (χ3n) is 2.44. The molecule has 3 heteroatoms. The molecular formula is C12H13NO2. The number of nitrogens with zero attached hydrogens (tertiary/aromatic N) is 1. The monoisotopic (exact) mass is 203 g/mol. The third-order valence-corrected chi connectivity index (χ3v) is 2.44. The second kappa shape index (κ2) is 4.17. The van der Waals surface area contributed by atoms with Crippen molar-refractivity contribution in [3.8, 4) is 5.75 Å². The number of carbonyl (C=O) groups excluding carboxylic acids is 1. The van der Waals surface area contributed by atoms with Gasteiger partial charge in [-0.05, 0) is 12.1 Å². The number of amides is 1. The maximum atomic E-state index is 11.5. The number of para-hydroxylation sites is 1. The molecule has 15 heavy (non-hydrogen) atoms. The topological polar surface area (TPSA) is 29.5 Å². The van der Waals surface area contributed by atoms with Crippen molar-refractivity contribution in [1.29, 1.82) is 0 Å². The van der Waals surface area contributed by atoms with E-state index in [2.05, 4.69) is 6.58 Å². The summed E-state index contributed by atoms with van der Waals surface area (Å²) < 4.78 is 5.55. The lowest BCUT2D eigenvalue weighted by Gasteiger charge is -2.17. The molecule has 1 aromatic rings. The fourth-order valence-electron chi connectivity index (χ4n) is 1.64. The van der Waals surface area contributed by atoms with Crippen molar-refractivity contribution < 1.29 is 9.53 Å². The van der Waals surface area contributed by atoms with Gasteiger partial charge in [0.05, 0.1) is 6.54 Å². The molecule has 0 atom stereocenters. The minimum Gasteiger partial charge on any atom is -0.491 e. The van der Waals surface area contributed by atoms with Crippen LogP contribution in [0.4, 0.5) is 0 Å². The normalized spacial score (nSPS) is 14.8. The minimum absolute atomic E-state index is 0.0460. The van der Waals surface area contributed by atoms with E-state index in [1.807, 2.05) is 24.3 Å². The molecule has 0 N–H and O–H groups in total. The highest BCUT2D eigenvalue weighted by Gasteiger charge is 2.16. The molecule has 1 aliphatic rings. The molecule has 1 aliphatic heterocycles. The van der Waals surface area contributed by atoms with Crippen molar-refractivity contribution in [1.82, 2.24) is 4.90 Å². The molecule has 1 heterocycles. The van der Waals surface area contributed by atoms with E-state index in [-0.39, 0.29) is 5.91 Å². The van der Waals surface area contributed by atoms with E-state index < -0.39 is 0 Å². The summed E-state index contributed by atoms with van der Waals surface area (Å²) >= 11 is 0. The van der Waals surface area contributed by atoms with Crippen LogP contribution in [0.3, 0.4) is 0 Å². The Morgan fingerprint density at radius 1 is 1.47 bits per heavy atom. The van der Waals surface area contributed by atoms with Crippen LogP contribution in [0.1, 0.15) is 5.56 Å². The quantitative estimate of drug-likeness (QED) is 0.649. The van der Waals surface area contributed by atoms with Gasteiger partial charge in [0.2, 0.25) is 5.91 Å². The first kappa shape index (κ1) is 9.77. The summed E-state index contributed by atoms with van der Waals surface area (Å²) in [4.78, 5) is 13.2. The van der Waals surface area contributed by atoms with E-state index in [4.69, 9.17) is 4.74 Å². The lowest BCUT2D eigenvalue weighted by Crippen LogP contribution is -2.30.